The zero-order valence-electron chi connectivity index (χ0n) is 12.3. The molecule has 1 amide bonds. The number of aliphatic carboxylic acids is 1. The molecule has 0 spiro atoms. The van der Waals surface area contributed by atoms with E-state index in [4.69, 9.17) is 11.5 Å². The first-order chi connectivity index (χ1) is 10.3. The monoisotopic (exact) mass is 306 g/mol. The van der Waals surface area contributed by atoms with Crippen molar-refractivity contribution in [3.05, 3.63) is 41.6 Å². The maximum atomic E-state index is 13.7. The second-order valence-corrected chi connectivity index (χ2v) is 5.21. The summed E-state index contributed by atoms with van der Waals surface area (Å²) in [7, 11) is 0. The van der Waals surface area contributed by atoms with Gasteiger partial charge < -0.3 is 15.1 Å². The Kier molecular flexibility index (Phi) is 6.08. The minimum Gasteiger partial charge on any atom is -0.480 e. The van der Waals surface area contributed by atoms with Crippen LogP contribution in [0.3, 0.4) is 0 Å². The lowest BCUT2D eigenvalue weighted by molar-refractivity contribution is -0.143. The molecular formula is C16H17FNO4. The molecule has 6 heteroatoms. The second kappa shape index (κ2) is 7.57. The van der Waals surface area contributed by atoms with Gasteiger partial charge in [-0.05, 0) is 36.5 Å². The summed E-state index contributed by atoms with van der Waals surface area (Å²) in [4.78, 5) is 24.7. The molecule has 0 bridgehead atoms. The smallest absolute Gasteiger partial charge is 0.328 e. The quantitative estimate of drug-likeness (QED) is 0.777. The van der Waals surface area contributed by atoms with Crippen molar-refractivity contribution in [3.8, 4) is 5.92 Å². The molecular weight excluding hydrogens is 289 g/mol. The number of hydrogen-bond donors (Lipinski definition) is 2. The Morgan fingerprint density at radius 3 is 2.45 bits per heavy atom. The van der Waals surface area contributed by atoms with E-state index < -0.39 is 30.3 Å². The highest BCUT2D eigenvalue weighted by Gasteiger charge is 2.30. The standard InChI is InChI=1S/C16H17FNO4/c1-4-11-5-6-12(7-13(11)17)15(20)18(8-10(2)3)14(9-19)16(21)22/h5-7,10,14,19H,8-9H2,2-3H3,(H,21,22). The topological polar surface area (TPSA) is 77.8 Å². The molecule has 1 aromatic carbocycles. The lowest BCUT2D eigenvalue weighted by Crippen LogP contribution is -2.48. The number of carbonyl (C=O) groups is 2. The average molecular weight is 306 g/mol. The van der Waals surface area contributed by atoms with Gasteiger partial charge in [-0.25, -0.2) is 9.18 Å². The van der Waals surface area contributed by atoms with E-state index in [1.807, 2.05) is 5.92 Å². The van der Waals surface area contributed by atoms with Crippen LogP contribution in [0, 0.1) is 24.1 Å². The van der Waals surface area contributed by atoms with Gasteiger partial charge in [0.1, 0.15) is 5.82 Å². The fourth-order valence-corrected chi connectivity index (χ4v) is 1.97. The summed E-state index contributed by atoms with van der Waals surface area (Å²) >= 11 is 0. The van der Waals surface area contributed by atoms with Gasteiger partial charge >= 0.3 is 5.97 Å². The molecule has 1 atom stereocenters. The van der Waals surface area contributed by atoms with E-state index in [0.29, 0.717) is 0 Å². The van der Waals surface area contributed by atoms with Crippen LogP contribution in [0.1, 0.15) is 29.8 Å². The molecule has 0 aliphatic rings. The highest BCUT2D eigenvalue weighted by atomic mass is 19.1. The van der Waals surface area contributed by atoms with E-state index in [-0.39, 0.29) is 23.6 Å². The van der Waals surface area contributed by atoms with Gasteiger partial charge in [0.25, 0.3) is 5.91 Å². The minimum atomic E-state index is -1.40. The van der Waals surface area contributed by atoms with E-state index >= 15 is 0 Å². The first kappa shape index (κ1) is 17.7. The van der Waals surface area contributed by atoms with Crippen molar-refractivity contribution in [2.45, 2.75) is 19.9 Å². The van der Waals surface area contributed by atoms with Crippen molar-refractivity contribution in [1.82, 2.24) is 4.90 Å². The van der Waals surface area contributed by atoms with Crippen LogP contribution in [0.4, 0.5) is 4.39 Å². The maximum absolute atomic E-state index is 13.7. The molecule has 0 fully saturated rings. The molecule has 0 saturated carbocycles. The fraction of sp³-hybridized carbons (Fsp3) is 0.375. The van der Waals surface area contributed by atoms with Crippen LogP contribution in [0.2, 0.25) is 0 Å². The Labute approximate surface area is 128 Å². The number of carboxylic acids is 1. The van der Waals surface area contributed by atoms with E-state index in [1.54, 1.807) is 13.8 Å². The molecule has 1 aromatic rings. The predicted molar refractivity (Wildman–Crippen MR) is 77.0 cm³/mol. The van der Waals surface area contributed by atoms with Crippen LogP contribution in [0.25, 0.3) is 0 Å². The van der Waals surface area contributed by atoms with Crippen molar-refractivity contribution in [2.75, 3.05) is 13.2 Å². The summed E-state index contributed by atoms with van der Waals surface area (Å²) < 4.78 is 13.7. The Bertz CT molecular complexity index is 607. The Hall–Kier alpha value is -2.39. The van der Waals surface area contributed by atoms with E-state index in [1.165, 1.54) is 12.1 Å². The van der Waals surface area contributed by atoms with Crippen molar-refractivity contribution >= 4 is 11.9 Å². The van der Waals surface area contributed by atoms with Crippen molar-refractivity contribution < 1.29 is 24.2 Å². The number of rotatable bonds is 6. The number of nitrogens with zero attached hydrogens (tertiary/aromatic N) is 1. The van der Waals surface area contributed by atoms with E-state index in [9.17, 15) is 19.1 Å². The predicted octanol–water partition coefficient (Wildman–Crippen LogP) is 1.31. The largest absolute Gasteiger partial charge is 0.480 e. The summed E-state index contributed by atoms with van der Waals surface area (Å²) in [6, 6.07) is 2.05. The fourth-order valence-electron chi connectivity index (χ4n) is 1.97. The molecule has 22 heavy (non-hydrogen) atoms. The van der Waals surface area contributed by atoms with Crippen LogP contribution in [0.5, 0.6) is 0 Å². The number of amides is 1. The van der Waals surface area contributed by atoms with Gasteiger partial charge in [-0.3, -0.25) is 4.79 Å². The third-order valence-electron chi connectivity index (χ3n) is 3.01. The van der Waals surface area contributed by atoms with Gasteiger partial charge in [-0.2, -0.15) is 0 Å². The average Bonchev–Trinajstić information content (AvgIpc) is 2.45. The Balaban J connectivity index is 3.19. The first-order valence-electron chi connectivity index (χ1n) is 6.68. The van der Waals surface area contributed by atoms with Crippen molar-refractivity contribution in [3.63, 3.8) is 0 Å². The normalized spacial score (nSPS) is 11.8. The van der Waals surface area contributed by atoms with Crippen LogP contribution in [-0.2, 0) is 4.79 Å². The van der Waals surface area contributed by atoms with E-state index in [0.717, 1.165) is 11.0 Å². The maximum Gasteiger partial charge on any atom is 0.328 e. The van der Waals surface area contributed by atoms with Gasteiger partial charge in [-0.1, -0.05) is 13.8 Å². The van der Waals surface area contributed by atoms with E-state index in [2.05, 4.69) is 0 Å². The molecule has 1 unspecified atom stereocenters. The number of carbonyl (C=O) groups excluding carboxylic acids is 1. The lowest BCUT2D eigenvalue weighted by atomic mass is 10.1. The van der Waals surface area contributed by atoms with Gasteiger partial charge in [0, 0.05) is 12.1 Å². The third kappa shape index (κ3) is 4.06. The Morgan fingerprint density at radius 2 is 2.05 bits per heavy atom. The van der Waals surface area contributed by atoms with Gasteiger partial charge in [0.05, 0.1) is 12.2 Å². The van der Waals surface area contributed by atoms with Crippen LogP contribution >= 0.6 is 0 Å². The van der Waals surface area contributed by atoms with Crippen LogP contribution < -0.4 is 0 Å². The molecule has 0 heterocycles. The van der Waals surface area contributed by atoms with Crippen LogP contribution in [-0.4, -0.2) is 46.2 Å². The highest BCUT2D eigenvalue weighted by Crippen LogP contribution is 2.15. The van der Waals surface area contributed by atoms with Crippen LogP contribution in [0.15, 0.2) is 18.2 Å². The summed E-state index contributed by atoms with van der Waals surface area (Å²) in [6.45, 7) is 2.97. The number of halogens is 1. The molecule has 5 nitrogen and oxygen atoms in total. The van der Waals surface area contributed by atoms with Crippen molar-refractivity contribution in [1.29, 1.82) is 0 Å². The number of benzene rings is 1. The highest BCUT2D eigenvalue weighted by molar-refractivity contribution is 5.96. The van der Waals surface area contributed by atoms with Gasteiger partial charge in [-0.15, -0.1) is 0 Å². The second-order valence-electron chi connectivity index (χ2n) is 5.21. The molecule has 0 aromatic heterocycles. The zero-order chi connectivity index (χ0) is 16.9. The molecule has 1 rings (SSSR count). The van der Waals surface area contributed by atoms with Gasteiger partial charge in [0.2, 0.25) is 0 Å². The molecule has 0 aliphatic carbocycles. The summed E-state index contributed by atoms with van der Waals surface area (Å²) in [5, 5.41) is 18.4. The van der Waals surface area contributed by atoms with Gasteiger partial charge in [0.15, 0.2) is 6.04 Å². The molecule has 1 radical (unpaired) electrons. The molecule has 2 N–H and O–H groups in total. The lowest BCUT2D eigenvalue weighted by Gasteiger charge is -2.29. The first-order valence-corrected chi connectivity index (χ1v) is 6.68. The molecule has 0 saturated heterocycles. The number of aliphatic hydroxyl groups excluding tert-OH is 1. The summed E-state index contributed by atoms with van der Waals surface area (Å²) in [5.41, 5.74) is -0.138. The number of hydrogen-bond acceptors (Lipinski definition) is 3. The number of carboxylic acid groups (broad SMARTS) is 1. The minimum absolute atomic E-state index is 0.0311. The Morgan fingerprint density at radius 1 is 1.41 bits per heavy atom. The molecule has 117 valence electrons. The number of aliphatic hydroxyl groups is 1. The summed E-state index contributed by atoms with van der Waals surface area (Å²) in [5.74, 6) is -0.952. The summed E-state index contributed by atoms with van der Waals surface area (Å²) in [6.07, 6.45) is 6.90. The third-order valence-corrected chi connectivity index (χ3v) is 3.01. The van der Waals surface area contributed by atoms with Crippen molar-refractivity contribution in [2.24, 2.45) is 5.92 Å². The zero-order valence-corrected chi connectivity index (χ0v) is 12.3. The molecule has 0 aliphatic heterocycles. The SMILES string of the molecule is [C]#Cc1ccc(C(=O)N(CC(C)C)C(CO)C(=O)O)cc1F.